The first-order chi connectivity index (χ1) is 15.6. The predicted molar refractivity (Wildman–Crippen MR) is 123 cm³/mol. The van der Waals surface area contributed by atoms with Gasteiger partial charge < -0.3 is 19.7 Å². The Balaban J connectivity index is 1.54. The maximum Gasteiger partial charge on any atom is 0.410 e. The highest BCUT2D eigenvalue weighted by Gasteiger charge is 2.35. The fourth-order valence-corrected chi connectivity index (χ4v) is 4.17. The molecular weight excluding hydrogens is 428 g/mol. The molecule has 1 saturated heterocycles. The molecule has 1 saturated carbocycles. The molecule has 10 heteroatoms. The van der Waals surface area contributed by atoms with Crippen LogP contribution in [0.5, 0.6) is 0 Å². The summed E-state index contributed by atoms with van der Waals surface area (Å²) in [5.74, 6) is 0.0340. The number of nitrogens with one attached hydrogen (secondary N) is 1. The van der Waals surface area contributed by atoms with Crippen molar-refractivity contribution >= 4 is 23.4 Å². The molecule has 0 spiro atoms. The SMILES string of the molecule is COC(=O)C1CC(CNc2cc(CN3CCN(C(=O)OC(C)(C)C)CC3)ccc2[N+](=O)[O-])C1. The van der Waals surface area contributed by atoms with E-state index in [1.165, 1.54) is 13.2 Å². The van der Waals surface area contributed by atoms with Gasteiger partial charge in [0.25, 0.3) is 5.69 Å². The van der Waals surface area contributed by atoms with Crippen molar-refractivity contribution in [1.29, 1.82) is 0 Å². The number of anilines is 1. The lowest BCUT2D eigenvalue weighted by Gasteiger charge is -2.35. The zero-order valence-electron chi connectivity index (χ0n) is 19.8. The average Bonchev–Trinajstić information content (AvgIpc) is 2.71. The molecule has 0 radical (unpaired) electrons. The van der Waals surface area contributed by atoms with Crippen molar-refractivity contribution in [1.82, 2.24) is 9.80 Å². The lowest BCUT2D eigenvalue weighted by molar-refractivity contribution is -0.384. The molecule has 182 valence electrons. The number of carbonyl (C=O) groups excluding carboxylic acids is 2. The lowest BCUT2D eigenvalue weighted by atomic mass is 9.75. The highest BCUT2D eigenvalue weighted by molar-refractivity contribution is 5.73. The van der Waals surface area contributed by atoms with Crippen LogP contribution >= 0.6 is 0 Å². The number of ether oxygens (including phenoxy) is 2. The molecule has 33 heavy (non-hydrogen) atoms. The van der Waals surface area contributed by atoms with Crippen molar-refractivity contribution in [3.05, 3.63) is 33.9 Å². The number of esters is 1. The maximum atomic E-state index is 12.2. The van der Waals surface area contributed by atoms with Crippen molar-refractivity contribution in [2.24, 2.45) is 11.8 Å². The maximum absolute atomic E-state index is 12.2. The van der Waals surface area contributed by atoms with Gasteiger partial charge in [-0.25, -0.2) is 4.79 Å². The van der Waals surface area contributed by atoms with Crippen LogP contribution in [0, 0.1) is 22.0 Å². The summed E-state index contributed by atoms with van der Waals surface area (Å²) in [6, 6.07) is 5.14. The summed E-state index contributed by atoms with van der Waals surface area (Å²) >= 11 is 0. The minimum atomic E-state index is -0.518. The van der Waals surface area contributed by atoms with Gasteiger partial charge in [0.05, 0.1) is 18.0 Å². The van der Waals surface area contributed by atoms with E-state index in [2.05, 4.69) is 10.2 Å². The molecule has 1 amide bonds. The second kappa shape index (κ2) is 10.4. The van der Waals surface area contributed by atoms with Crippen molar-refractivity contribution in [3.8, 4) is 0 Å². The van der Waals surface area contributed by atoms with E-state index in [1.807, 2.05) is 26.8 Å². The Labute approximate surface area is 194 Å². The second-order valence-corrected chi connectivity index (χ2v) is 9.79. The molecule has 0 unspecified atom stereocenters. The van der Waals surface area contributed by atoms with Crippen LogP contribution in [-0.2, 0) is 20.8 Å². The normalized spacial score (nSPS) is 21.2. The van der Waals surface area contributed by atoms with E-state index in [4.69, 9.17) is 9.47 Å². The summed E-state index contributed by atoms with van der Waals surface area (Å²) in [5.41, 5.74) is 0.981. The van der Waals surface area contributed by atoms with Gasteiger partial charge in [-0.1, -0.05) is 6.07 Å². The molecule has 0 atom stereocenters. The van der Waals surface area contributed by atoms with Crippen molar-refractivity contribution < 1.29 is 24.0 Å². The van der Waals surface area contributed by atoms with Crippen molar-refractivity contribution in [2.75, 3.05) is 45.2 Å². The predicted octanol–water partition coefficient (Wildman–Crippen LogP) is 3.26. The number of hydrogen-bond donors (Lipinski definition) is 1. The summed E-state index contributed by atoms with van der Waals surface area (Å²) in [5, 5.41) is 14.7. The Hall–Kier alpha value is -2.88. The zero-order valence-corrected chi connectivity index (χ0v) is 19.8. The van der Waals surface area contributed by atoms with Crippen molar-refractivity contribution in [2.45, 2.75) is 45.8 Å². The first kappa shape index (κ1) is 24.8. The number of piperazine rings is 1. The highest BCUT2D eigenvalue weighted by atomic mass is 16.6. The van der Waals surface area contributed by atoms with Gasteiger partial charge in [-0.05, 0) is 51.2 Å². The van der Waals surface area contributed by atoms with Crippen LogP contribution < -0.4 is 5.32 Å². The summed E-state index contributed by atoms with van der Waals surface area (Å²) in [6.45, 7) is 9.34. The average molecular weight is 463 g/mol. The van der Waals surface area contributed by atoms with Crippen LogP contribution in [0.2, 0.25) is 0 Å². The topological polar surface area (TPSA) is 114 Å². The molecule has 1 aromatic rings. The van der Waals surface area contributed by atoms with Gasteiger partial charge in [0.2, 0.25) is 0 Å². The standard InChI is InChI=1S/C23H34N4O6/c1-23(2,3)33-22(29)26-9-7-25(8-10-26)15-16-5-6-20(27(30)31)19(13-16)24-14-17-11-18(12-17)21(28)32-4/h5-6,13,17-18,24H,7-12,14-15H2,1-4H3. The van der Waals surface area contributed by atoms with Gasteiger partial charge in [-0.3, -0.25) is 19.8 Å². The molecule has 1 N–H and O–H groups in total. The summed E-state index contributed by atoms with van der Waals surface area (Å²) in [7, 11) is 1.39. The Morgan fingerprint density at radius 1 is 1.18 bits per heavy atom. The van der Waals surface area contributed by atoms with Crippen LogP contribution in [0.25, 0.3) is 0 Å². The summed E-state index contributed by atoms with van der Waals surface area (Å²) in [6.07, 6.45) is 1.17. The molecule has 1 aromatic carbocycles. The largest absolute Gasteiger partial charge is 0.469 e. The van der Waals surface area contributed by atoms with Gasteiger partial charge in [-0.15, -0.1) is 0 Å². The fraction of sp³-hybridized carbons (Fsp3) is 0.652. The number of hydrogen-bond acceptors (Lipinski definition) is 8. The zero-order chi connectivity index (χ0) is 24.2. The van der Waals surface area contributed by atoms with Crippen LogP contribution in [0.3, 0.4) is 0 Å². The summed E-state index contributed by atoms with van der Waals surface area (Å²) in [4.78, 5) is 38.8. The highest BCUT2D eigenvalue weighted by Crippen LogP contribution is 2.35. The molecule has 3 rings (SSSR count). The number of rotatable bonds is 7. The lowest BCUT2D eigenvalue weighted by Crippen LogP contribution is -2.49. The minimum absolute atomic E-state index is 0.0392. The van der Waals surface area contributed by atoms with E-state index in [0.717, 1.165) is 18.4 Å². The third-order valence-corrected chi connectivity index (χ3v) is 6.04. The van der Waals surface area contributed by atoms with Gasteiger partial charge in [0.15, 0.2) is 0 Å². The number of benzene rings is 1. The van der Waals surface area contributed by atoms with Crippen LogP contribution in [-0.4, -0.2) is 72.2 Å². The van der Waals surface area contributed by atoms with E-state index in [9.17, 15) is 19.7 Å². The van der Waals surface area contributed by atoms with Crippen LogP contribution in [0.1, 0.15) is 39.2 Å². The number of carbonyl (C=O) groups is 2. The van der Waals surface area contributed by atoms with E-state index >= 15 is 0 Å². The van der Waals surface area contributed by atoms with Gasteiger partial charge in [0, 0.05) is 45.3 Å². The Bertz CT molecular complexity index is 870. The molecule has 1 heterocycles. The first-order valence-electron chi connectivity index (χ1n) is 11.3. The molecule has 2 aliphatic rings. The molecule has 1 aliphatic heterocycles. The molecule has 0 aromatic heterocycles. The molecule has 10 nitrogen and oxygen atoms in total. The van der Waals surface area contributed by atoms with E-state index in [0.29, 0.717) is 50.9 Å². The van der Waals surface area contributed by atoms with Crippen molar-refractivity contribution in [3.63, 3.8) is 0 Å². The molecule has 1 aliphatic carbocycles. The monoisotopic (exact) mass is 462 g/mol. The van der Waals surface area contributed by atoms with Crippen LogP contribution in [0.4, 0.5) is 16.2 Å². The van der Waals surface area contributed by atoms with E-state index < -0.39 is 5.60 Å². The van der Waals surface area contributed by atoms with Crippen LogP contribution in [0.15, 0.2) is 18.2 Å². The quantitative estimate of drug-likeness (QED) is 0.373. The Morgan fingerprint density at radius 3 is 2.42 bits per heavy atom. The third kappa shape index (κ3) is 6.80. The smallest absolute Gasteiger partial charge is 0.410 e. The van der Waals surface area contributed by atoms with Gasteiger partial charge in [-0.2, -0.15) is 0 Å². The van der Waals surface area contributed by atoms with Gasteiger partial charge in [0.1, 0.15) is 11.3 Å². The number of nitro benzene ring substituents is 1. The van der Waals surface area contributed by atoms with Gasteiger partial charge >= 0.3 is 12.1 Å². The first-order valence-corrected chi connectivity index (χ1v) is 11.3. The minimum Gasteiger partial charge on any atom is -0.469 e. The Morgan fingerprint density at radius 2 is 1.85 bits per heavy atom. The summed E-state index contributed by atoms with van der Waals surface area (Å²) < 4.78 is 10.2. The number of nitrogens with zero attached hydrogens (tertiary/aromatic N) is 3. The number of nitro groups is 1. The molecule has 2 fully saturated rings. The number of methoxy groups -OCH3 is 1. The Kier molecular flexibility index (Phi) is 7.78. The van der Waals surface area contributed by atoms with E-state index in [-0.39, 0.29) is 28.6 Å². The molecular formula is C23H34N4O6. The fourth-order valence-electron chi connectivity index (χ4n) is 4.17. The molecule has 0 bridgehead atoms. The third-order valence-electron chi connectivity index (χ3n) is 6.04. The number of amides is 1. The van der Waals surface area contributed by atoms with E-state index in [1.54, 1.807) is 11.0 Å². The second-order valence-electron chi connectivity index (χ2n) is 9.79.